The Kier molecular flexibility index (Phi) is 5.76. The highest BCUT2D eigenvalue weighted by molar-refractivity contribution is 9.10. The summed E-state index contributed by atoms with van der Waals surface area (Å²) >= 11 is 20.8. The molecular formula is C14H8BrCl3O3. The van der Waals surface area contributed by atoms with Crippen molar-refractivity contribution >= 4 is 56.7 Å². The monoisotopic (exact) mass is 408 g/mol. The van der Waals surface area contributed by atoms with Crippen LogP contribution in [-0.4, -0.2) is 12.6 Å². The van der Waals surface area contributed by atoms with Crippen molar-refractivity contribution in [2.24, 2.45) is 0 Å². The van der Waals surface area contributed by atoms with Gasteiger partial charge in [0.15, 0.2) is 6.61 Å². The van der Waals surface area contributed by atoms with Gasteiger partial charge in [-0.15, -0.1) is 0 Å². The summed E-state index contributed by atoms with van der Waals surface area (Å²) in [6, 6.07) is 9.55. The Morgan fingerprint density at radius 2 is 1.62 bits per heavy atom. The van der Waals surface area contributed by atoms with Crippen LogP contribution in [0.5, 0.6) is 11.5 Å². The highest BCUT2D eigenvalue weighted by Gasteiger charge is 2.11. The van der Waals surface area contributed by atoms with Gasteiger partial charge in [-0.1, -0.05) is 34.8 Å². The molecule has 0 fully saturated rings. The van der Waals surface area contributed by atoms with Gasteiger partial charge in [0.25, 0.3) is 0 Å². The van der Waals surface area contributed by atoms with Crippen molar-refractivity contribution in [2.75, 3.05) is 6.61 Å². The van der Waals surface area contributed by atoms with E-state index in [-0.39, 0.29) is 6.61 Å². The van der Waals surface area contributed by atoms with E-state index in [9.17, 15) is 4.79 Å². The van der Waals surface area contributed by atoms with Crippen LogP contribution in [-0.2, 0) is 4.79 Å². The summed E-state index contributed by atoms with van der Waals surface area (Å²) in [5, 5.41) is 1.34. The Labute approximate surface area is 144 Å². The lowest BCUT2D eigenvalue weighted by Gasteiger charge is -2.09. The largest absolute Gasteiger partial charge is 0.480 e. The molecule has 0 unspecified atom stereocenters. The number of ether oxygens (including phenoxy) is 2. The van der Waals surface area contributed by atoms with E-state index < -0.39 is 5.97 Å². The number of rotatable bonds is 4. The maximum Gasteiger partial charge on any atom is 0.349 e. The third-order valence-electron chi connectivity index (χ3n) is 2.36. The average molecular weight is 410 g/mol. The first-order valence-corrected chi connectivity index (χ1v) is 7.62. The maximum atomic E-state index is 11.7. The van der Waals surface area contributed by atoms with Gasteiger partial charge in [0.05, 0.1) is 9.50 Å². The number of carbonyl (C=O) groups excluding carboxylic acids is 1. The van der Waals surface area contributed by atoms with E-state index in [2.05, 4.69) is 15.9 Å². The molecule has 0 saturated heterocycles. The van der Waals surface area contributed by atoms with Gasteiger partial charge in [-0.2, -0.15) is 0 Å². The summed E-state index contributed by atoms with van der Waals surface area (Å²) in [5.41, 5.74) is 0. The normalized spacial score (nSPS) is 10.3. The van der Waals surface area contributed by atoms with Crippen LogP contribution in [0.3, 0.4) is 0 Å². The zero-order chi connectivity index (χ0) is 15.4. The lowest BCUT2D eigenvalue weighted by atomic mass is 10.3. The summed E-state index contributed by atoms with van der Waals surface area (Å²) < 4.78 is 11.0. The zero-order valence-electron chi connectivity index (χ0n) is 10.4. The van der Waals surface area contributed by atoms with Gasteiger partial charge in [0, 0.05) is 10.0 Å². The van der Waals surface area contributed by atoms with Crippen molar-refractivity contribution in [3.05, 3.63) is 55.9 Å². The fraction of sp³-hybridized carbons (Fsp3) is 0.0714. The first-order valence-electron chi connectivity index (χ1n) is 5.69. The summed E-state index contributed by atoms with van der Waals surface area (Å²) in [6.07, 6.45) is 0. The third-order valence-corrected chi connectivity index (χ3v) is 3.74. The Morgan fingerprint density at radius 1 is 1.00 bits per heavy atom. The standard InChI is InChI=1S/C14H8BrCl3O3/c15-10-5-8(16)1-3-12(10)21-14(19)7-20-13-4-2-9(17)6-11(13)18/h1-6H,7H2. The minimum absolute atomic E-state index is 0.281. The van der Waals surface area contributed by atoms with Gasteiger partial charge in [-0.05, 0) is 52.3 Å². The summed E-state index contributed by atoms with van der Waals surface area (Å²) in [4.78, 5) is 11.7. The van der Waals surface area contributed by atoms with Crippen molar-refractivity contribution in [1.82, 2.24) is 0 Å². The second-order valence-electron chi connectivity index (χ2n) is 3.91. The minimum atomic E-state index is -0.566. The Hall–Kier alpha value is -0.940. The number of carbonyl (C=O) groups is 1. The van der Waals surface area contributed by atoms with Gasteiger partial charge in [0.2, 0.25) is 0 Å². The summed E-state index contributed by atoms with van der Waals surface area (Å²) in [6.45, 7) is -0.281. The molecule has 0 spiro atoms. The molecule has 2 rings (SSSR count). The number of halogens is 4. The van der Waals surface area contributed by atoms with E-state index in [4.69, 9.17) is 44.3 Å². The molecule has 0 aliphatic heterocycles. The molecule has 0 atom stereocenters. The maximum absolute atomic E-state index is 11.7. The zero-order valence-corrected chi connectivity index (χ0v) is 14.3. The lowest BCUT2D eigenvalue weighted by molar-refractivity contribution is -0.136. The van der Waals surface area contributed by atoms with Gasteiger partial charge in [0.1, 0.15) is 11.5 Å². The van der Waals surface area contributed by atoms with Crippen molar-refractivity contribution < 1.29 is 14.3 Å². The Bertz CT molecular complexity index is 677. The molecular weight excluding hydrogens is 402 g/mol. The van der Waals surface area contributed by atoms with Crippen molar-refractivity contribution in [3.8, 4) is 11.5 Å². The van der Waals surface area contributed by atoms with Crippen LogP contribution < -0.4 is 9.47 Å². The van der Waals surface area contributed by atoms with Crippen molar-refractivity contribution in [1.29, 1.82) is 0 Å². The average Bonchev–Trinajstić information content (AvgIpc) is 2.41. The third kappa shape index (κ3) is 4.78. The van der Waals surface area contributed by atoms with Crippen LogP contribution in [0.1, 0.15) is 0 Å². The second-order valence-corrected chi connectivity index (χ2v) is 6.05. The number of hydrogen-bond donors (Lipinski definition) is 0. The number of esters is 1. The van der Waals surface area contributed by atoms with Crippen LogP contribution in [0.4, 0.5) is 0 Å². The number of hydrogen-bond acceptors (Lipinski definition) is 3. The second kappa shape index (κ2) is 7.36. The molecule has 0 radical (unpaired) electrons. The van der Waals surface area contributed by atoms with Crippen LogP contribution in [0, 0.1) is 0 Å². The molecule has 0 heterocycles. The molecule has 7 heteroatoms. The predicted octanol–water partition coefficient (Wildman–Crippen LogP) is 5.39. The first-order chi connectivity index (χ1) is 9.95. The summed E-state index contributed by atoms with van der Waals surface area (Å²) in [5.74, 6) is 0.146. The van der Waals surface area contributed by atoms with E-state index in [1.165, 1.54) is 6.07 Å². The topological polar surface area (TPSA) is 35.5 Å². The van der Waals surface area contributed by atoms with E-state index in [1.807, 2.05) is 0 Å². The highest BCUT2D eigenvalue weighted by atomic mass is 79.9. The van der Waals surface area contributed by atoms with E-state index in [0.29, 0.717) is 31.0 Å². The predicted molar refractivity (Wildman–Crippen MR) is 86.7 cm³/mol. The highest BCUT2D eigenvalue weighted by Crippen LogP contribution is 2.29. The van der Waals surface area contributed by atoms with Crippen LogP contribution >= 0.6 is 50.7 Å². The molecule has 0 bridgehead atoms. The lowest BCUT2D eigenvalue weighted by Crippen LogP contribution is -2.18. The fourth-order valence-corrected chi connectivity index (χ4v) is 2.67. The molecule has 0 N–H and O–H groups in total. The molecule has 3 nitrogen and oxygen atoms in total. The van der Waals surface area contributed by atoms with Gasteiger partial charge < -0.3 is 9.47 Å². The van der Waals surface area contributed by atoms with Crippen LogP contribution in [0.25, 0.3) is 0 Å². The molecule has 0 aromatic heterocycles. The van der Waals surface area contributed by atoms with Gasteiger partial charge >= 0.3 is 5.97 Å². The molecule has 0 saturated carbocycles. The molecule has 0 aliphatic carbocycles. The quantitative estimate of drug-likeness (QED) is 0.501. The summed E-state index contributed by atoms with van der Waals surface area (Å²) in [7, 11) is 0. The minimum Gasteiger partial charge on any atom is -0.480 e. The smallest absolute Gasteiger partial charge is 0.349 e. The SMILES string of the molecule is O=C(COc1ccc(Cl)cc1Cl)Oc1ccc(Cl)cc1Br. The molecule has 21 heavy (non-hydrogen) atoms. The molecule has 110 valence electrons. The molecule has 0 aliphatic rings. The van der Waals surface area contributed by atoms with Crippen LogP contribution in [0.2, 0.25) is 15.1 Å². The van der Waals surface area contributed by atoms with E-state index in [0.717, 1.165) is 0 Å². The molecule has 0 amide bonds. The van der Waals surface area contributed by atoms with E-state index in [1.54, 1.807) is 30.3 Å². The van der Waals surface area contributed by atoms with Crippen LogP contribution in [0.15, 0.2) is 40.9 Å². The first kappa shape index (κ1) is 16.4. The van der Waals surface area contributed by atoms with Gasteiger partial charge in [-0.3, -0.25) is 0 Å². The molecule has 2 aromatic carbocycles. The van der Waals surface area contributed by atoms with Gasteiger partial charge in [-0.25, -0.2) is 4.79 Å². The molecule has 2 aromatic rings. The Balaban J connectivity index is 1.96. The van der Waals surface area contributed by atoms with E-state index >= 15 is 0 Å². The van der Waals surface area contributed by atoms with Crippen molar-refractivity contribution in [2.45, 2.75) is 0 Å². The fourth-order valence-electron chi connectivity index (χ4n) is 1.44. The number of benzene rings is 2. The Morgan fingerprint density at radius 3 is 2.24 bits per heavy atom. The van der Waals surface area contributed by atoms with Crippen molar-refractivity contribution in [3.63, 3.8) is 0 Å².